The Morgan fingerprint density at radius 3 is 2.55 bits per heavy atom. The Labute approximate surface area is 231 Å². The number of rotatable bonds is 9. The Morgan fingerprint density at radius 2 is 1.90 bits per heavy atom. The first-order valence-corrected chi connectivity index (χ1v) is 13.1. The molecule has 2 aliphatic heterocycles. The number of carbonyl (C=O) groups is 3. The lowest BCUT2D eigenvalue weighted by molar-refractivity contribution is -0.137. The van der Waals surface area contributed by atoms with Crippen molar-refractivity contribution in [3.05, 3.63) is 76.8 Å². The van der Waals surface area contributed by atoms with Crippen LogP contribution in [-0.4, -0.2) is 79.8 Å². The van der Waals surface area contributed by atoms with Crippen molar-refractivity contribution in [2.24, 2.45) is 0 Å². The van der Waals surface area contributed by atoms with Crippen LogP contribution in [0.4, 0.5) is 18.4 Å². The SMILES string of the molecule is COCC1=C(C(=O)OC)[C@H](c2ccc(F)c(F)c2)N(C(=O)NCCCN2CCC(c3ccccn3)CC2)C(=O)N1. The van der Waals surface area contributed by atoms with Crippen molar-refractivity contribution in [2.45, 2.75) is 31.2 Å². The van der Waals surface area contributed by atoms with Crippen LogP contribution in [0.1, 0.15) is 42.5 Å². The molecule has 2 aromatic rings. The van der Waals surface area contributed by atoms with Crippen molar-refractivity contribution < 1.29 is 32.6 Å². The summed E-state index contributed by atoms with van der Waals surface area (Å²) < 4.78 is 37.9. The number of urea groups is 2. The number of aromatic nitrogens is 1. The van der Waals surface area contributed by atoms with Gasteiger partial charge in [-0.15, -0.1) is 0 Å². The molecule has 2 N–H and O–H groups in total. The van der Waals surface area contributed by atoms with Crippen LogP contribution in [0.25, 0.3) is 0 Å². The number of amides is 4. The minimum Gasteiger partial charge on any atom is -0.466 e. The van der Waals surface area contributed by atoms with Crippen molar-refractivity contribution >= 4 is 18.0 Å². The number of hydrogen-bond acceptors (Lipinski definition) is 7. The van der Waals surface area contributed by atoms with Gasteiger partial charge in [-0.05, 0) is 68.7 Å². The van der Waals surface area contributed by atoms with E-state index in [1.807, 2.05) is 18.3 Å². The molecule has 0 bridgehead atoms. The molecule has 2 aliphatic rings. The van der Waals surface area contributed by atoms with Crippen LogP contribution >= 0.6 is 0 Å². The predicted octanol–water partition coefficient (Wildman–Crippen LogP) is 3.48. The zero-order chi connectivity index (χ0) is 28.6. The third kappa shape index (κ3) is 6.62. The summed E-state index contributed by atoms with van der Waals surface area (Å²) in [6, 6.07) is 5.89. The number of carbonyl (C=O) groups excluding carboxylic acids is 3. The minimum absolute atomic E-state index is 0.0219. The van der Waals surface area contributed by atoms with Gasteiger partial charge in [-0.1, -0.05) is 12.1 Å². The van der Waals surface area contributed by atoms with E-state index in [9.17, 15) is 23.2 Å². The zero-order valence-electron chi connectivity index (χ0n) is 22.5. The molecule has 3 heterocycles. The van der Waals surface area contributed by atoms with Crippen molar-refractivity contribution in [1.29, 1.82) is 0 Å². The van der Waals surface area contributed by atoms with E-state index in [0.29, 0.717) is 12.3 Å². The normalized spacial score (nSPS) is 18.4. The maximum atomic E-state index is 14.2. The van der Waals surface area contributed by atoms with Crippen LogP contribution in [0.15, 0.2) is 53.9 Å². The number of benzene rings is 1. The monoisotopic (exact) mass is 557 g/mol. The Morgan fingerprint density at radius 1 is 1.12 bits per heavy atom. The van der Waals surface area contributed by atoms with Crippen molar-refractivity contribution in [1.82, 2.24) is 25.4 Å². The van der Waals surface area contributed by atoms with Crippen molar-refractivity contribution in [3.63, 3.8) is 0 Å². The Hall–Kier alpha value is -3.90. The molecule has 1 fully saturated rings. The second kappa shape index (κ2) is 13.4. The van der Waals surface area contributed by atoms with E-state index in [-0.39, 0.29) is 30.0 Å². The third-order valence-corrected chi connectivity index (χ3v) is 7.13. The maximum absolute atomic E-state index is 14.2. The predicted molar refractivity (Wildman–Crippen MR) is 141 cm³/mol. The van der Waals surface area contributed by atoms with Gasteiger partial charge in [0.25, 0.3) is 0 Å². The average molecular weight is 558 g/mol. The molecule has 0 radical (unpaired) electrons. The number of nitrogens with one attached hydrogen (secondary N) is 2. The van der Waals surface area contributed by atoms with Gasteiger partial charge in [0.05, 0.1) is 25.0 Å². The third-order valence-electron chi connectivity index (χ3n) is 7.13. The highest BCUT2D eigenvalue weighted by atomic mass is 19.2. The molecule has 12 heteroatoms. The first-order valence-electron chi connectivity index (χ1n) is 13.1. The van der Waals surface area contributed by atoms with E-state index < -0.39 is 35.7 Å². The Balaban J connectivity index is 1.43. The van der Waals surface area contributed by atoms with Gasteiger partial charge in [-0.25, -0.2) is 28.1 Å². The highest BCUT2D eigenvalue weighted by molar-refractivity contribution is 6.01. The summed E-state index contributed by atoms with van der Waals surface area (Å²) in [6.45, 7) is 2.66. The number of pyridine rings is 1. The topological polar surface area (TPSA) is 113 Å². The van der Waals surface area contributed by atoms with E-state index in [1.54, 1.807) is 0 Å². The number of likely N-dealkylation sites (tertiary alicyclic amines) is 1. The van der Waals surface area contributed by atoms with Crippen molar-refractivity contribution in [2.75, 3.05) is 47.0 Å². The summed E-state index contributed by atoms with van der Waals surface area (Å²) in [5.41, 5.74) is 1.07. The molecular weight excluding hydrogens is 524 g/mol. The second-order valence-corrected chi connectivity index (χ2v) is 9.65. The smallest absolute Gasteiger partial charge is 0.338 e. The van der Waals surface area contributed by atoms with Crippen LogP contribution < -0.4 is 10.6 Å². The van der Waals surface area contributed by atoms with Gasteiger partial charge in [-0.2, -0.15) is 0 Å². The average Bonchev–Trinajstić information content (AvgIpc) is 2.97. The number of hydrogen-bond donors (Lipinski definition) is 2. The Bertz CT molecular complexity index is 1250. The molecule has 4 rings (SSSR count). The van der Waals surface area contributed by atoms with Crippen LogP contribution in [-0.2, 0) is 14.3 Å². The first kappa shape index (κ1) is 29.1. The van der Waals surface area contributed by atoms with Gasteiger partial charge < -0.3 is 25.0 Å². The van der Waals surface area contributed by atoms with E-state index in [0.717, 1.165) is 62.3 Å². The molecule has 1 aromatic carbocycles. The van der Waals surface area contributed by atoms with Crippen molar-refractivity contribution in [3.8, 4) is 0 Å². The molecule has 0 aliphatic carbocycles. The van der Waals surface area contributed by atoms with E-state index in [1.165, 1.54) is 13.2 Å². The number of ether oxygens (including phenoxy) is 2. The van der Waals surface area contributed by atoms with Gasteiger partial charge in [0.2, 0.25) is 0 Å². The molecule has 0 spiro atoms. The zero-order valence-corrected chi connectivity index (χ0v) is 22.5. The van der Waals surface area contributed by atoms with E-state index in [2.05, 4.69) is 26.6 Å². The number of halogens is 2. The fraction of sp³-hybridized carbons (Fsp3) is 0.429. The van der Waals surface area contributed by atoms with Gasteiger partial charge in [-0.3, -0.25) is 4.98 Å². The summed E-state index contributed by atoms with van der Waals surface area (Å²) in [6.07, 6.45) is 4.44. The lowest BCUT2D eigenvalue weighted by Gasteiger charge is -2.36. The van der Waals surface area contributed by atoms with Crippen LogP contribution in [0.5, 0.6) is 0 Å². The summed E-state index contributed by atoms with van der Waals surface area (Å²) in [5, 5.41) is 5.22. The van der Waals surface area contributed by atoms with Gasteiger partial charge in [0, 0.05) is 31.5 Å². The number of imide groups is 1. The molecule has 40 heavy (non-hydrogen) atoms. The quantitative estimate of drug-likeness (QED) is 0.359. The van der Waals surface area contributed by atoms with Crippen LogP contribution in [0.3, 0.4) is 0 Å². The molecule has 1 atom stereocenters. The molecule has 1 saturated heterocycles. The van der Waals surface area contributed by atoms with Gasteiger partial charge in [0.15, 0.2) is 11.6 Å². The fourth-order valence-electron chi connectivity index (χ4n) is 5.13. The maximum Gasteiger partial charge on any atom is 0.338 e. The lowest BCUT2D eigenvalue weighted by Crippen LogP contribution is -2.55. The molecule has 0 saturated carbocycles. The van der Waals surface area contributed by atoms with Crippen LogP contribution in [0, 0.1) is 11.6 Å². The highest BCUT2D eigenvalue weighted by Crippen LogP contribution is 2.35. The molecule has 214 valence electrons. The highest BCUT2D eigenvalue weighted by Gasteiger charge is 2.43. The molecular formula is C28H33F2N5O5. The largest absolute Gasteiger partial charge is 0.466 e. The summed E-state index contributed by atoms with van der Waals surface area (Å²) >= 11 is 0. The first-order chi connectivity index (χ1) is 19.3. The summed E-state index contributed by atoms with van der Waals surface area (Å²) in [7, 11) is 2.50. The molecule has 0 unspecified atom stereocenters. The number of nitrogens with zero attached hydrogens (tertiary/aromatic N) is 3. The molecule has 1 aromatic heterocycles. The molecule has 10 nitrogen and oxygen atoms in total. The lowest BCUT2D eigenvalue weighted by atomic mass is 9.93. The second-order valence-electron chi connectivity index (χ2n) is 9.65. The number of piperidine rings is 1. The fourth-order valence-corrected chi connectivity index (χ4v) is 5.13. The number of methoxy groups -OCH3 is 2. The standard InChI is InChI=1S/C28H33F2N5O5/c1-39-17-23-24(26(36)40-2)25(19-7-8-20(29)21(30)16-19)35(28(38)33-23)27(37)32-12-5-13-34-14-9-18(10-15-34)22-6-3-4-11-31-22/h3-4,6-8,11,16,18,25H,5,9-10,12-15,17H2,1-2H3,(H,32,37)(H,33,38)/t25-/m0/s1. The van der Waals surface area contributed by atoms with Crippen LogP contribution in [0.2, 0.25) is 0 Å². The molecule has 4 amide bonds. The van der Waals surface area contributed by atoms with Gasteiger partial charge >= 0.3 is 18.0 Å². The minimum atomic E-state index is -1.37. The van der Waals surface area contributed by atoms with Gasteiger partial charge in [0.1, 0.15) is 6.04 Å². The summed E-state index contributed by atoms with van der Waals surface area (Å²) in [5.74, 6) is -2.71. The Kier molecular flexibility index (Phi) is 9.78. The number of esters is 1. The van der Waals surface area contributed by atoms with E-state index in [4.69, 9.17) is 9.47 Å². The summed E-state index contributed by atoms with van der Waals surface area (Å²) in [4.78, 5) is 46.7. The van der Waals surface area contributed by atoms with E-state index >= 15 is 0 Å².